The third-order valence-corrected chi connectivity index (χ3v) is 2.89. The second-order valence-electron chi connectivity index (χ2n) is 4.21. The highest BCUT2D eigenvalue weighted by molar-refractivity contribution is 5.83. The monoisotopic (exact) mass is 259 g/mol. The highest BCUT2D eigenvalue weighted by Crippen LogP contribution is 2.15. The molecule has 0 aromatic rings. The molecule has 1 saturated heterocycles. The van der Waals surface area contributed by atoms with E-state index in [1.807, 2.05) is 0 Å². The third-order valence-electron chi connectivity index (χ3n) is 2.89. The van der Waals surface area contributed by atoms with Crippen LogP contribution >= 0.6 is 0 Å². The summed E-state index contributed by atoms with van der Waals surface area (Å²) in [6.45, 7) is -0.0690. The molecular formula is C10H17N3O5. The van der Waals surface area contributed by atoms with Gasteiger partial charge in [0.25, 0.3) is 0 Å². The van der Waals surface area contributed by atoms with Crippen molar-refractivity contribution in [2.24, 2.45) is 11.7 Å². The van der Waals surface area contributed by atoms with Gasteiger partial charge in [-0.25, -0.2) is 9.59 Å². The van der Waals surface area contributed by atoms with Crippen LogP contribution in [-0.4, -0.2) is 58.8 Å². The number of urea groups is 1. The molecule has 1 fully saturated rings. The summed E-state index contributed by atoms with van der Waals surface area (Å²) in [5, 5.41) is 19.7. The molecule has 1 unspecified atom stereocenters. The van der Waals surface area contributed by atoms with Crippen LogP contribution in [0, 0.1) is 5.92 Å². The van der Waals surface area contributed by atoms with Crippen LogP contribution in [0.1, 0.15) is 12.8 Å². The van der Waals surface area contributed by atoms with Crippen LogP contribution in [0.2, 0.25) is 0 Å². The number of hydrogen-bond donors (Lipinski definition) is 4. The first kappa shape index (κ1) is 14.2. The van der Waals surface area contributed by atoms with Gasteiger partial charge in [0.05, 0.1) is 12.5 Å². The smallest absolute Gasteiger partial charge is 0.328 e. The standard InChI is InChI=1S/C10H17N3O5/c11-8(15)6-2-1-3-13(4-6)10(18)12-7(5-14)9(16)17/h6-7,14H,1-5H2,(H2,11,15)(H,12,18)(H,16,17)/t6?,7-/m0/s1. The molecule has 0 radical (unpaired) electrons. The van der Waals surface area contributed by atoms with Gasteiger partial charge in [-0.3, -0.25) is 4.79 Å². The van der Waals surface area contributed by atoms with Gasteiger partial charge >= 0.3 is 12.0 Å². The number of hydrogen-bond acceptors (Lipinski definition) is 4. The first-order valence-corrected chi connectivity index (χ1v) is 5.64. The SMILES string of the molecule is NC(=O)C1CCCN(C(=O)N[C@@H](CO)C(=O)O)C1. The number of carbonyl (C=O) groups is 3. The minimum absolute atomic E-state index is 0.179. The Bertz CT molecular complexity index is 346. The zero-order valence-corrected chi connectivity index (χ0v) is 9.83. The van der Waals surface area contributed by atoms with E-state index in [0.717, 1.165) is 0 Å². The highest BCUT2D eigenvalue weighted by atomic mass is 16.4. The van der Waals surface area contributed by atoms with Gasteiger partial charge in [0.1, 0.15) is 0 Å². The predicted molar refractivity (Wildman–Crippen MR) is 60.5 cm³/mol. The summed E-state index contributed by atoms with van der Waals surface area (Å²) in [5.74, 6) is -2.18. The molecule has 0 saturated carbocycles. The number of carbonyl (C=O) groups excluding carboxylic acids is 2. The van der Waals surface area contributed by atoms with Crippen molar-refractivity contribution in [2.45, 2.75) is 18.9 Å². The van der Waals surface area contributed by atoms with Gasteiger partial charge in [-0.2, -0.15) is 0 Å². The number of primary amides is 1. The summed E-state index contributed by atoms with van der Waals surface area (Å²) in [4.78, 5) is 34.8. The summed E-state index contributed by atoms with van der Waals surface area (Å²) in [7, 11) is 0. The first-order valence-electron chi connectivity index (χ1n) is 5.64. The fraction of sp³-hybridized carbons (Fsp3) is 0.700. The van der Waals surface area contributed by atoms with Crippen molar-refractivity contribution in [3.05, 3.63) is 0 Å². The summed E-state index contributed by atoms with van der Waals surface area (Å²) in [6, 6.07) is -1.95. The Labute approximate surface area is 104 Å². The zero-order chi connectivity index (χ0) is 13.7. The number of nitrogens with two attached hydrogens (primary N) is 1. The Balaban J connectivity index is 2.55. The van der Waals surface area contributed by atoms with E-state index in [1.165, 1.54) is 4.90 Å². The summed E-state index contributed by atoms with van der Waals surface area (Å²) in [6.07, 6.45) is 1.26. The van der Waals surface area contributed by atoms with Gasteiger partial charge in [0.2, 0.25) is 5.91 Å². The number of rotatable bonds is 4. The molecule has 5 N–H and O–H groups in total. The van der Waals surface area contributed by atoms with E-state index in [9.17, 15) is 14.4 Å². The van der Waals surface area contributed by atoms with Crippen LogP contribution in [0.5, 0.6) is 0 Å². The fourth-order valence-electron chi connectivity index (χ4n) is 1.82. The molecule has 0 aromatic carbocycles. The first-order chi connectivity index (χ1) is 8.45. The molecule has 8 heteroatoms. The van der Waals surface area contributed by atoms with E-state index in [4.69, 9.17) is 15.9 Å². The molecule has 8 nitrogen and oxygen atoms in total. The van der Waals surface area contributed by atoms with Gasteiger partial charge in [0.15, 0.2) is 6.04 Å². The van der Waals surface area contributed by atoms with E-state index >= 15 is 0 Å². The quantitative estimate of drug-likeness (QED) is 0.479. The van der Waals surface area contributed by atoms with Crippen molar-refractivity contribution in [1.29, 1.82) is 0 Å². The van der Waals surface area contributed by atoms with Crippen LogP contribution < -0.4 is 11.1 Å². The topological polar surface area (TPSA) is 133 Å². The van der Waals surface area contributed by atoms with Crippen molar-refractivity contribution in [3.8, 4) is 0 Å². The lowest BCUT2D eigenvalue weighted by atomic mass is 9.98. The second-order valence-corrected chi connectivity index (χ2v) is 4.21. The predicted octanol–water partition coefficient (Wildman–Crippen LogP) is -1.66. The molecule has 1 rings (SSSR count). The van der Waals surface area contributed by atoms with Gasteiger partial charge in [-0.15, -0.1) is 0 Å². The van der Waals surface area contributed by atoms with Crippen LogP contribution in [0.15, 0.2) is 0 Å². The Kier molecular flexibility index (Phi) is 4.90. The number of piperidine rings is 1. The van der Waals surface area contributed by atoms with Crippen molar-refractivity contribution in [3.63, 3.8) is 0 Å². The van der Waals surface area contributed by atoms with E-state index in [-0.39, 0.29) is 6.54 Å². The lowest BCUT2D eigenvalue weighted by molar-refractivity contribution is -0.140. The number of carboxylic acids is 1. The van der Waals surface area contributed by atoms with Crippen molar-refractivity contribution in [2.75, 3.05) is 19.7 Å². The normalized spacial score (nSPS) is 21.2. The Hall–Kier alpha value is -1.83. The lowest BCUT2D eigenvalue weighted by Crippen LogP contribution is -2.53. The van der Waals surface area contributed by atoms with E-state index < -0.39 is 36.5 Å². The van der Waals surface area contributed by atoms with Crippen molar-refractivity contribution < 1.29 is 24.6 Å². The van der Waals surface area contributed by atoms with Gasteiger partial charge in [0, 0.05) is 13.1 Å². The molecule has 0 bridgehead atoms. The zero-order valence-electron chi connectivity index (χ0n) is 9.83. The molecule has 2 atom stereocenters. The van der Waals surface area contributed by atoms with Crippen molar-refractivity contribution in [1.82, 2.24) is 10.2 Å². The Morgan fingerprint density at radius 1 is 1.44 bits per heavy atom. The molecule has 1 heterocycles. The van der Waals surface area contributed by atoms with E-state index in [0.29, 0.717) is 19.4 Å². The molecular weight excluding hydrogens is 242 g/mol. The van der Waals surface area contributed by atoms with E-state index in [2.05, 4.69) is 5.32 Å². The number of aliphatic hydroxyl groups excluding tert-OH is 1. The molecule has 3 amide bonds. The van der Waals surface area contributed by atoms with E-state index in [1.54, 1.807) is 0 Å². The summed E-state index contributed by atoms with van der Waals surface area (Å²) >= 11 is 0. The average Bonchev–Trinajstić information content (AvgIpc) is 2.35. The largest absolute Gasteiger partial charge is 0.480 e. The number of aliphatic hydroxyl groups is 1. The van der Waals surface area contributed by atoms with Gasteiger partial charge in [-0.05, 0) is 12.8 Å². The minimum atomic E-state index is -1.34. The average molecular weight is 259 g/mol. The Morgan fingerprint density at radius 3 is 2.61 bits per heavy atom. The van der Waals surface area contributed by atoms with Crippen LogP contribution in [0.3, 0.4) is 0 Å². The second kappa shape index (κ2) is 6.20. The lowest BCUT2D eigenvalue weighted by Gasteiger charge is -2.31. The highest BCUT2D eigenvalue weighted by Gasteiger charge is 2.29. The maximum atomic E-state index is 11.7. The molecule has 18 heavy (non-hydrogen) atoms. The number of nitrogens with zero attached hydrogens (tertiary/aromatic N) is 1. The van der Waals surface area contributed by atoms with Gasteiger partial charge in [-0.1, -0.05) is 0 Å². The van der Waals surface area contributed by atoms with Crippen LogP contribution in [-0.2, 0) is 9.59 Å². The number of carboxylic acid groups (broad SMARTS) is 1. The maximum Gasteiger partial charge on any atom is 0.328 e. The third kappa shape index (κ3) is 3.59. The number of amides is 3. The van der Waals surface area contributed by atoms with Crippen LogP contribution in [0.25, 0.3) is 0 Å². The number of likely N-dealkylation sites (tertiary alicyclic amines) is 1. The summed E-state index contributed by atoms with van der Waals surface area (Å²) in [5.41, 5.74) is 5.17. The molecule has 0 aliphatic carbocycles. The van der Waals surface area contributed by atoms with Gasteiger partial charge < -0.3 is 26.2 Å². The molecule has 1 aliphatic rings. The maximum absolute atomic E-state index is 11.7. The van der Waals surface area contributed by atoms with Crippen molar-refractivity contribution >= 4 is 17.9 Å². The number of nitrogens with one attached hydrogen (secondary N) is 1. The fourth-order valence-corrected chi connectivity index (χ4v) is 1.82. The minimum Gasteiger partial charge on any atom is -0.480 e. The molecule has 0 spiro atoms. The molecule has 1 aliphatic heterocycles. The Morgan fingerprint density at radius 2 is 2.11 bits per heavy atom. The summed E-state index contributed by atoms with van der Waals surface area (Å²) < 4.78 is 0. The molecule has 102 valence electrons. The number of aliphatic carboxylic acids is 1. The molecule has 0 aromatic heterocycles. The van der Waals surface area contributed by atoms with Crippen LogP contribution in [0.4, 0.5) is 4.79 Å².